The molecule has 0 saturated carbocycles. The zero-order chi connectivity index (χ0) is 9.42. The van der Waals surface area contributed by atoms with Gasteiger partial charge >= 0.3 is 0 Å². The van der Waals surface area contributed by atoms with Crippen LogP contribution in [0.5, 0.6) is 0 Å². The number of hydrogen-bond donors (Lipinski definition) is 2. The van der Waals surface area contributed by atoms with Gasteiger partial charge in [-0.2, -0.15) is 0 Å². The molecule has 0 atom stereocenters. The average molecular weight is 239 g/mol. The molecule has 1 heterocycles. The molecule has 1 aromatic carbocycles. The third kappa shape index (κ3) is 1.44. The van der Waals surface area contributed by atoms with Gasteiger partial charge < -0.3 is 10.7 Å². The molecule has 2 rings (SSSR count). The largest absolute Gasteiger partial charge is 0.398 e. The topological polar surface area (TPSA) is 41.8 Å². The zero-order valence-electron chi connectivity index (χ0n) is 7.39. The monoisotopic (exact) mass is 238 g/mol. The van der Waals surface area contributed by atoms with Crippen molar-refractivity contribution in [3.8, 4) is 0 Å². The minimum absolute atomic E-state index is 0.786. The second kappa shape index (κ2) is 3.07. The second-order valence-corrected chi connectivity index (χ2v) is 3.96. The first-order chi connectivity index (χ1) is 6.20. The van der Waals surface area contributed by atoms with E-state index in [4.69, 9.17) is 5.73 Å². The van der Waals surface area contributed by atoms with E-state index in [0.717, 1.165) is 22.1 Å². The van der Waals surface area contributed by atoms with Gasteiger partial charge in [-0.15, -0.1) is 0 Å². The fourth-order valence-corrected chi connectivity index (χ4v) is 1.77. The number of rotatable bonds is 1. The summed E-state index contributed by atoms with van der Waals surface area (Å²) in [5.41, 5.74) is 8.94. The summed E-state index contributed by atoms with van der Waals surface area (Å²) in [6.07, 6.45) is 1.02. The molecule has 0 saturated heterocycles. The number of benzene rings is 1. The maximum atomic E-state index is 5.78. The molecule has 0 fully saturated rings. The average Bonchev–Trinajstić information content (AvgIpc) is 2.48. The lowest BCUT2D eigenvalue weighted by molar-refractivity contribution is 1.07. The van der Waals surface area contributed by atoms with E-state index < -0.39 is 0 Å². The van der Waals surface area contributed by atoms with Gasteiger partial charge in [-0.25, -0.2) is 0 Å². The van der Waals surface area contributed by atoms with E-state index in [0.29, 0.717) is 0 Å². The number of H-pyrrole nitrogens is 1. The summed E-state index contributed by atoms with van der Waals surface area (Å²) < 4.78 is 0.949. The summed E-state index contributed by atoms with van der Waals surface area (Å²) in [5, 5.41) is 1.18. The molecule has 0 radical (unpaired) electrons. The van der Waals surface area contributed by atoms with Gasteiger partial charge in [0.05, 0.1) is 0 Å². The molecule has 68 valence electrons. The standard InChI is InChI=1S/C10H11BrN2/c1-2-7-3-6-4-9(12)8(11)5-10(6)13-7/h3-5,13H,2,12H2,1H3. The number of hydrogen-bond acceptors (Lipinski definition) is 1. The summed E-state index contributed by atoms with van der Waals surface area (Å²) in [5.74, 6) is 0. The van der Waals surface area contributed by atoms with Gasteiger partial charge in [-0.1, -0.05) is 6.92 Å². The Labute approximate surface area is 85.3 Å². The fourth-order valence-electron chi connectivity index (χ4n) is 1.42. The zero-order valence-corrected chi connectivity index (χ0v) is 8.98. The van der Waals surface area contributed by atoms with Gasteiger partial charge in [0.2, 0.25) is 0 Å². The maximum absolute atomic E-state index is 5.78. The summed E-state index contributed by atoms with van der Waals surface area (Å²) in [7, 11) is 0. The van der Waals surface area contributed by atoms with Crippen LogP contribution >= 0.6 is 15.9 Å². The van der Waals surface area contributed by atoms with E-state index in [1.165, 1.54) is 11.1 Å². The van der Waals surface area contributed by atoms with Gasteiger partial charge in [-0.3, -0.25) is 0 Å². The van der Waals surface area contributed by atoms with Crippen molar-refractivity contribution in [1.29, 1.82) is 0 Å². The summed E-state index contributed by atoms with van der Waals surface area (Å²) in [6.45, 7) is 2.13. The Hall–Kier alpha value is -0.960. The second-order valence-electron chi connectivity index (χ2n) is 3.11. The Morgan fingerprint density at radius 1 is 1.38 bits per heavy atom. The van der Waals surface area contributed by atoms with E-state index in [9.17, 15) is 0 Å². The van der Waals surface area contributed by atoms with E-state index in [2.05, 4.69) is 33.9 Å². The molecule has 2 aromatic rings. The fraction of sp³-hybridized carbons (Fsp3) is 0.200. The van der Waals surface area contributed by atoms with Gasteiger partial charge in [0.25, 0.3) is 0 Å². The van der Waals surface area contributed by atoms with Gasteiger partial charge in [0.15, 0.2) is 0 Å². The van der Waals surface area contributed by atoms with Crippen LogP contribution in [0.4, 0.5) is 5.69 Å². The molecule has 3 heteroatoms. The smallest absolute Gasteiger partial charge is 0.0468 e. The quantitative estimate of drug-likeness (QED) is 0.737. The van der Waals surface area contributed by atoms with Crippen LogP contribution < -0.4 is 5.73 Å². The first-order valence-electron chi connectivity index (χ1n) is 4.27. The van der Waals surface area contributed by atoms with Crippen LogP contribution in [0, 0.1) is 0 Å². The van der Waals surface area contributed by atoms with Gasteiger partial charge in [0, 0.05) is 26.8 Å². The Morgan fingerprint density at radius 3 is 2.85 bits per heavy atom. The highest BCUT2D eigenvalue weighted by Gasteiger charge is 2.02. The molecule has 13 heavy (non-hydrogen) atoms. The van der Waals surface area contributed by atoms with Crippen molar-refractivity contribution in [1.82, 2.24) is 4.98 Å². The Kier molecular flexibility index (Phi) is 2.04. The third-order valence-electron chi connectivity index (χ3n) is 2.17. The van der Waals surface area contributed by atoms with Crippen molar-refractivity contribution in [2.24, 2.45) is 0 Å². The number of nitrogen functional groups attached to an aromatic ring is 1. The lowest BCUT2D eigenvalue weighted by Crippen LogP contribution is -1.85. The maximum Gasteiger partial charge on any atom is 0.0468 e. The van der Waals surface area contributed by atoms with Crippen LogP contribution in [0.15, 0.2) is 22.7 Å². The van der Waals surface area contributed by atoms with E-state index >= 15 is 0 Å². The predicted molar refractivity (Wildman–Crippen MR) is 59.8 cm³/mol. The number of aryl methyl sites for hydroxylation is 1. The van der Waals surface area contributed by atoms with Crippen molar-refractivity contribution in [3.05, 3.63) is 28.4 Å². The van der Waals surface area contributed by atoms with Crippen molar-refractivity contribution in [2.45, 2.75) is 13.3 Å². The Bertz CT molecular complexity index is 406. The van der Waals surface area contributed by atoms with Crippen LogP contribution in [-0.2, 0) is 6.42 Å². The number of nitrogens with two attached hydrogens (primary N) is 1. The number of anilines is 1. The molecule has 0 unspecified atom stereocenters. The first kappa shape index (κ1) is 8.63. The first-order valence-corrected chi connectivity index (χ1v) is 5.06. The SMILES string of the molecule is CCc1cc2cc(N)c(Br)cc2[nH]1. The van der Waals surface area contributed by atoms with Gasteiger partial charge in [-0.05, 0) is 40.5 Å². The minimum atomic E-state index is 0.786. The highest BCUT2D eigenvalue weighted by atomic mass is 79.9. The normalized spacial score (nSPS) is 10.9. The summed E-state index contributed by atoms with van der Waals surface area (Å²) in [6, 6.07) is 6.14. The molecular formula is C10H11BrN2. The Balaban J connectivity index is 2.70. The van der Waals surface area contributed by atoms with Crippen LogP contribution in [0.2, 0.25) is 0 Å². The lowest BCUT2D eigenvalue weighted by Gasteiger charge is -1.96. The molecule has 0 aliphatic carbocycles. The van der Waals surface area contributed by atoms with Crippen molar-refractivity contribution >= 4 is 32.5 Å². The number of nitrogens with one attached hydrogen (secondary N) is 1. The van der Waals surface area contributed by atoms with Crippen LogP contribution in [0.3, 0.4) is 0 Å². The number of aromatic nitrogens is 1. The molecule has 0 bridgehead atoms. The Morgan fingerprint density at radius 2 is 2.15 bits per heavy atom. The predicted octanol–water partition coefficient (Wildman–Crippen LogP) is 3.08. The number of fused-ring (bicyclic) bond motifs is 1. The lowest BCUT2D eigenvalue weighted by atomic mass is 10.2. The van der Waals surface area contributed by atoms with Crippen molar-refractivity contribution < 1.29 is 0 Å². The molecule has 3 N–H and O–H groups in total. The molecule has 0 amide bonds. The molecule has 0 aliphatic heterocycles. The summed E-state index contributed by atoms with van der Waals surface area (Å²) in [4.78, 5) is 3.33. The van der Waals surface area contributed by atoms with Gasteiger partial charge in [0.1, 0.15) is 0 Å². The summed E-state index contributed by atoms with van der Waals surface area (Å²) >= 11 is 3.40. The molecule has 0 spiro atoms. The van der Waals surface area contributed by atoms with Crippen molar-refractivity contribution in [2.75, 3.05) is 5.73 Å². The highest BCUT2D eigenvalue weighted by molar-refractivity contribution is 9.10. The number of halogens is 1. The minimum Gasteiger partial charge on any atom is -0.398 e. The van der Waals surface area contributed by atoms with Crippen LogP contribution in [0.1, 0.15) is 12.6 Å². The van der Waals surface area contributed by atoms with E-state index in [-0.39, 0.29) is 0 Å². The molecule has 1 aromatic heterocycles. The molecular weight excluding hydrogens is 228 g/mol. The van der Waals surface area contributed by atoms with E-state index in [1.807, 2.05) is 12.1 Å². The molecule has 2 nitrogen and oxygen atoms in total. The van der Waals surface area contributed by atoms with Crippen LogP contribution in [0.25, 0.3) is 10.9 Å². The van der Waals surface area contributed by atoms with Crippen LogP contribution in [-0.4, -0.2) is 4.98 Å². The molecule has 0 aliphatic rings. The van der Waals surface area contributed by atoms with Crippen molar-refractivity contribution in [3.63, 3.8) is 0 Å². The van der Waals surface area contributed by atoms with E-state index in [1.54, 1.807) is 0 Å². The third-order valence-corrected chi connectivity index (χ3v) is 2.86. The highest BCUT2D eigenvalue weighted by Crippen LogP contribution is 2.26. The number of aromatic amines is 1.